The molecule has 214 valence electrons. The van der Waals surface area contributed by atoms with Gasteiger partial charge >= 0.3 is 0 Å². The molecular formula is C32H43N4O4+. The monoisotopic (exact) mass is 547 g/mol. The number of aryl methyl sites for hydroxylation is 1. The molecule has 0 saturated carbocycles. The average molecular weight is 548 g/mol. The summed E-state index contributed by atoms with van der Waals surface area (Å²) >= 11 is 0. The predicted octanol–water partition coefficient (Wildman–Crippen LogP) is 5.59. The Bertz CT molecular complexity index is 1440. The molecule has 3 aromatic carbocycles. The quantitative estimate of drug-likeness (QED) is 0.190. The van der Waals surface area contributed by atoms with Crippen molar-refractivity contribution in [3.8, 4) is 34.1 Å². The summed E-state index contributed by atoms with van der Waals surface area (Å²) in [5.74, 6) is 2.94. The number of hydrogen-bond acceptors (Lipinski definition) is 7. The van der Waals surface area contributed by atoms with E-state index < -0.39 is 0 Å². The van der Waals surface area contributed by atoms with E-state index in [4.69, 9.17) is 18.9 Å². The summed E-state index contributed by atoms with van der Waals surface area (Å²) in [7, 11) is 19.1. The lowest BCUT2D eigenvalue weighted by molar-refractivity contribution is -0.645. The molecule has 0 amide bonds. The topological polar surface area (TPSA) is 50.5 Å². The molecule has 0 unspecified atom stereocenters. The van der Waals surface area contributed by atoms with E-state index in [0.29, 0.717) is 11.5 Å². The highest BCUT2D eigenvalue weighted by atomic mass is 16.5. The van der Waals surface area contributed by atoms with Crippen LogP contribution in [0.1, 0.15) is 13.3 Å². The van der Waals surface area contributed by atoms with Gasteiger partial charge in [-0.3, -0.25) is 0 Å². The number of fused-ring (bicyclic) bond motifs is 2. The second-order valence-electron chi connectivity index (χ2n) is 10.5. The van der Waals surface area contributed by atoms with E-state index >= 15 is 0 Å². The molecule has 40 heavy (non-hydrogen) atoms. The Morgan fingerprint density at radius 2 is 0.875 bits per heavy atom. The predicted molar refractivity (Wildman–Crippen MR) is 167 cm³/mol. The smallest absolute Gasteiger partial charge is 0.219 e. The first-order valence-electron chi connectivity index (χ1n) is 13.5. The van der Waals surface area contributed by atoms with Gasteiger partial charge in [-0.15, -0.1) is 0 Å². The van der Waals surface area contributed by atoms with Gasteiger partial charge in [-0.05, 0) is 0 Å². The van der Waals surface area contributed by atoms with E-state index in [1.54, 1.807) is 28.4 Å². The van der Waals surface area contributed by atoms with Crippen LogP contribution >= 0.6 is 0 Å². The standard InChI is InChI=1S/C32H43N4O4/c1-12-13-36-23-14-20(33(2)3)16-25(37-8)29(23)32(30-24(36)15-21(34(4)5)17-26(30)38-9)31-27(39-10)18-22(35(6)7)19-28(31)40-11/h14-19H,12-13H2,1-11H3/q+1. The number of aromatic nitrogens is 1. The number of pyridine rings is 1. The number of benzene rings is 3. The third-order valence-corrected chi connectivity index (χ3v) is 7.39. The van der Waals surface area contributed by atoms with Gasteiger partial charge in [0, 0.05) is 108 Å². The van der Waals surface area contributed by atoms with Crippen molar-refractivity contribution < 1.29 is 23.5 Å². The number of rotatable bonds is 10. The first-order valence-corrected chi connectivity index (χ1v) is 13.5. The summed E-state index contributed by atoms with van der Waals surface area (Å²) in [6.45, 7) is 3.02. The van der Waals surface area contributed by atoms with E-state index in [9.17, 15) is 0 Å². The summed E-state index contributed by atoms with van der Waals surface area (Å²) in [5.41, 5.74) is 7.00. The highest BCUT2D eigenvalue weighted by molar-refractivity contribution is 6.15. The Labute approximate surface area is 238 Å². The van der Waals surface area contributed by atoms with Crippen LogP contribution in [-0.4, -0.2) is 70.7 Å². The van der Waals surface area contributed by atoms with Gasteiger partial charge in [0.05, 0.1) is 44.8 Å². The van der Waals surface area contributed by atoms with E-state index in [2.05, 4.69) is 45.6 Å². The third kappa shape index (κ3) is 4.87. The van der Waals surface area contributed by atoms with Gasteiger partial charge < -0.3 is 33.6 Å². The molecule has 8 heteroatoms. The molecule has 8 nitrogen and oxygen atoms in total. The summed E-state index contributed by atoms with van der Waals surface area (Å²) < 4.78 is 26.8. The largest absolute Gasteiger partial charge is 0.496 e. The molecule has 0 aliphatic carbocycles. The SMILES string of the molecule is CCC[n+]1c2cc(N(C)C)cc(OC)c2c(-c2c(OC)cc(N(C)C)cc2OC)c2c(OC)cc(N(C)C)cc21. The Balaban J connectivity index is 2.41. The lowest BCUT2D eigenvalue weighted by Crippen LogP contribution is -2.36. The van der Waals surface area contributed by atoms with Crippen molar-refractivity contribution >= 4 is 38.9 Å². The van der Waals surface area contributed by atoms with Crippen molar-refractivity contribution in [3.63, 3.8) is 0 Å². The second-order valence-corrected chi connectivity index (χ2v) is 10.5. The Kier molecular flexibility index (Phi) is 8.37. The molecule has 1 heterocycles. The molecule has 0 spiro atoms. The zero-order chi connectivity index (χ0) is 29.3. The van der Waals surface area contributed by atoms with E-state index in [-0.39, 0.29) is 0 Å². The number of hydrogen-bond donors (Lipinski definition) is 0. The highest BCUT2D eigenvalue weighted by Crippen LogP contribution is 2.51. The Morgan fingerprint density at radius 3 is 1.20 bits per heavy atom. The number of nitrogens with zero attached hydrogens (tertiary/aromatic N) is 4. The van der Waals surface area contributed by atoms with Gasteiger partial charge in [-0.2, -0.15) is 4.57 Å². The second kappa shape index (κ2) is 11.6. The molecule has 0 fully saturated rings. The molecule has 0 saturated heterocycles. The highest BCUT2D eigenvalue weighted by Gasteiger charge is 2.31. The van der Waals surface area contributed by atoms with Crippen molar-refractivity contribution in [1.82, 2.24) is 0 Å². The van der Waals surface area contributed by atoms with Crippen molar-refractivity contribution in [1.29, 1.82) is 0 Å². The zero-order valence-electron chi connectivity index (χ0n) is 25.8. The molecule has 4 aromatic rings. The fourth-order valence-corrected chi connectivity index (χ4v) is 5.31. The van der Waals surface area contributed by atoms with Gasteiger partial charge in [0.2, 0.25) is 11.0 Å². The van der Waals surface area contributed by atoms with Crippen LogP contribution in [0.4, 0.5) is 17.1 Å². The maximum absolute atomic E-state index is 6.13. The fraction of sp³-hybridized carbons (Fsp3) is 0.406. The lowest BCUT2D eigenvalue weighted by atomic mass is 9.92. The van der Waals surface area contributed by atoms with Gasteiger partial charge in [0.15, 0.2) is 0 Å². The molecule has 1 aromatic heterocycles. The normalized spacial score (nSPS) is 11.1. The van der Waals surface area contributed by atoms with Crippen molar-refractivity contribution in [2.75, 3.05) is 85.4 Å². The van der Waals surface area contributed by atoms with Crippen molar-refractivity contribution in [2.45, 2.75) is 19.9 Å². The van der Waals surface area contributed by atoms with Crippen molar-refractivity contribution in [3.05, 3.63) is 36.4 Å². The average Bonchev–Trinajstić information content (AvgIpc) is 2.95. The van der Waals surface area contributed by atoms with Gasteiger partial charge in [-0.1, -0.05) is 6.92 Å². The van der Waals surface area contributed by atoms with Crippen LogP contribution in [0.25, 0.3) is 32.9 Å². The van der Waals surface area contributed by atoms with Crippen LogP contribution in [-0.2, 0) is 6.54 Å². The van der Waals surface area contributed by atoms with Crippen molar-refractivity contribution in [2.24, 2.45) is 0 Å². The Morgan fingerprint density at radius 1 is 0.525 bits per heavy atom. The molecule has 0 bridgehead atoms. The van der Waals surface area contributed by atoms with Crippen LogP contribution < -0.4 is 38.2 Å². The van der Waals surface area contributed by atoms with Crippen LogP contribution in [0.5, 0.6) is 23.0 Å². The number of methoxy groups -OCH3 is 4. The van der Waals surface area contributed by atoms with Crippen LogP contribution in [0.3, 0.4) is 0 Å². The molecule has 0 aliphatic heterocycles. The molecule has 0 aliphatic rings. The summed E-state index contributed by atoms with van der Waals surface area (Å²) in [5, 5.41) is 1.94. The fourth-order valence-electron chi connectivity index (χ4n) is 5.31. The summed E-state index contributed by atoms with van der Waals surface area (Å²) in [6.07, 6.45) is 0.960. The first-order chi connectivity index (χ1) is 19.1. The maximum Gasteiger partial charge on any atom is 0.219 e. The minimum atomic E-state index is 0.705. The maximum atomic E-state index is 6.13. The molecule has 0 radical (unpaired) electrons. The van der Waals surface area contributed by atoms with E-state index in [1.165, 1.54) is 0 Å². The van der Waals surface area contributed by atoms with E-state index in [1.807, 2.05) is 59.3 Å². The Hall–Kier alpha value is -4.07. The number of ether oxygens (including phenoxy) is 4. The molecule has 0 N–H and O–H groups in total. The van der Waals surface area contributed by atoms with Crippen LogP contribution in [0, 0.1) is 0 Å². The van der Waals surface area contributed by atoms with Crippen LogP contribution in [0.2, 0.25) is 0 Å². The van der Waals surface area contributed by atoms with Gasteiger partial charge in [0.1, 0.15) is 29.5 Å². The zero-order valence-corrected chi connectivity index (χ0v) is 25.8. The van der Waals surface area contributed by atoms with Gasteiger partial charge in [-0.25, -0.2) is 0 Å². The summed E-state index contributed by atoms with van der Waals surface area (Å²) in [4.78, 5) is 6.25. The minimum absolute atomic E-state index is 0.705. The first kappa shape index (κ1) is 28.9. The summed E-state index contributed by atoms with van der Waals surface area (Å²) in [6, 6.07) is 12.7. The molecule has 0 atom stereocenters. The molecule has 4 rings (SSSR count). The lowest BCUT2D eigenvalue weighted by Gasteiger charge is -2.24. The third-order valence-electron chi connectivity index (χ3n) is 7.39. The molecular weight excluding hydrogens is 504 g/mol. The van der Waals surface area contributed by atoms with E-state index in [0.717, 1.165) is 74.5 Å². The van der Waals surface area contributed by atoms with Gasteiger partial charge in [0.25, 0.3) is 0 Å². The minimum Gasteiger partial charge on any atom is -0.496 e. The van der Waals surface area contributed by atoms with Crippen LogP contribution in [0.15, 0.2) is 36.4 Å². The number of anilines is 3.